The molecule has 2 heterocycles. The van der Waals surface area contributed by atoms with E-state index in [1.54, 1.807) is 0 Å². The molecule has 4 rings (SSSR count). The molecule has 0 spiro atoms. The van der Waals surface area contributed by atoms with Crippen LogP contribution >= 0.6 is 0 Å². The van der Waals surface area contributed by atoms with E-state index in [1.165, 1.54) is 6.08 Å². The highest BCUT2D eigenvalue weighted by Gasteiger charge is 2.22. The lowest BCUT2D eigenvalue weighted by atomic mass is 9.96. The number of amides is 1. The van der Waals surface area contributed by atoms with Crippen LogP contribution in [0.3, 0.4) is 0 Å². The number of anilines is 1. The summed E-state index contributed by atoms with van der Waals surface area (Å²) in [6, 6.07) is 20.4. The van der Waals surface area contributed by atoms with Gasteiger partial charge in [-0.05, 0) is 24.8 Å². The number of rotatable bonds is 6. The summed E-state index contributed by atoms with van der Waals surface area (Å²) in [4.78, 5) is 23.5. The zero-order valence-electron chi connectivity index (χ0n) is 17.0. The Balaban J connectivity index is 1.55. The molecular weight excluding hydrogens is 372 g/mol. The number of nitrogens with zero attached hydrogens (tertiary/aromatic N) is 3. The number of piperidine rings is 1. The number of carbonyl (C=O) groups excluding carboxylic acids is 1. The van der Waals surface area contributed by atoms with Crippen molar-refractivity contribution in [3.8, 4) is 22.5 Å². The van der Waals surface area contributed by atoms with E-state index in [2.05, 4.69) is 41.1 Å². The second-order valence-corrected chi connectivity index (χ2v) is 7.54. The zero-order valence-corrected chi connectivity index (χ0v) is 17.0. The van der Waals surface area contributed by atoms with Crippen LogP contribution in [0.4, 0.5) is 5.82 Å². The Bertz CT molecular complexity index is 996. The summed E-state index contributed by atoms with van der Waals surface area (Å²) in [5.41, 5.74) is 3.92. The molecule has 3 aromatic rings. The predicted molar refractivity (Wildman–Crippen MR) is 121 cm³/mol. The highest BCUT2D eigenvalue weighted by Crippen LogP contribution is 2.31. The van der Waals surface area contributed by atoms with Gasteiger partial charge in [-0.15, -0.1) is 0 Å². The molecule has 1 saturated heterocycles. The molecule has 1 N–H and O–H groups in total. The van der Waals surface area contributed by atoms with Crippen LogP contribution in [0.1, 0.15) is 12.8 Å². The van der Waals surface area contributed by atoms with E-state index in [-0.39, 0.29) is 5.91 Å². The van der Waals surface area contributed by atoms with Crippen LogP contribution in [0.25, 0.3) is 22.5 Å². The second kappa shape index (κ2) is 9.35. The maximum atomic E-state index is 11.4. The Morgan fingerprint density at radius 2 is 1.60 bits per heavy atom. The van der Waals surface area contributed by atoms with E-state index in [0.29, 0.717) is 12.5 Å². The standard InChI is InChI=1S/C25H26N4O/c1-2-23(30)26-17-19-13-15-29(16-14-19)22-18-27-24(20-9-5-3-6-10-20)25(28-22)21-11-7-4-8-12-21/h2-12,18-19H,1,13-17H2,(H,26,30). The van der Waals surface area contributed by atoms with Crippen molar-refractivity contribution < 1.29 is 4.79 Å². The molecule has 1 amide bonds. The number of nitrogens with one attached hydrogen (secondary N) is 1. The third-order valence-corrected chi connectivity index (χ3v) is 5.54. The first kappa shape index (κ1) is 19.8. The van der Waals surface area contributed by atoms with Crippen LogP contribution < -0.4 is 10.2 Å². The summed E-state index contributed by atoms with van der Waals surface area (Å²) in [5.74, 6) is 1.28. The molecular formula is C25H26N4O. The van der Waals surface area contributed by atoms with Crippen LogP contribution in [0, 0.1) is 5.92 Å². The third kappa shape index (κ3) is 4.57. The zero-order chi connectivity index (χ0) is 20.8. The lowest BCUT2D eigenvalue weighted by molar-refractivity contribution is -0.116. The molecule has 5 nitrogen and oxygen atoms in total. The molecule has 0 atom stereocenters. The van der Waals surface area contributed by atoms with Gasteiger partial charge in [-0.1, -0.05) is 67.2 Å². The van der Waals surface area contributed by atoms with Crippen molar-refractivity contribution in [3.05, 3.63) is 79.5 Å². The van der Waals surface area contributed by atoms with Gasteiger partial charge in [0.1, 0.15) is 5.82 Å². The van der Waals surface area contributed by atoms with Gasteiger partial charge in [0.05, 0.1) is 17.6 Å². The fourth-order valence-electron chi connectivity index (χ4n) is 3.82. The van der Waals surface area contributed by atoms with Crippen molar-refractivity contribution in [2.75, 3.05) is 24.5 Å². The Kier molecular flexibility index (Phi) is 6.18. The molecule has 152 valence electrons. The largest absolute Gasteiger partial charge is 0.355 e. The van der Waals surface area contributed by atoms with E-state index >= 15 is 0 Å². The number of carbonyl (C=O) groups is 1. The molecule has 0 aliphatic carbocycles. The van der Waals surface area contributed by atoms with E-state index in [0.717, 1.165) is 54.3 Å². The Labute approximate surface area is 177 Å². The molecule has 5 heteroatoms. The summed E-state index contributed by atoms with van der Waals surface area (Å²) >= 11 is 0. The molecule has 0 saturated carbocycles. The number of benzene rings is 2. The number of aromatic nitrogens is 2. The Hall–Kier alpha value is -3.47. The molecule has 0 unspecified atom stereocenters. The molecule has 1 fully saturated rings. The minimum absolute atomic E-state index is 0.104. The molecule has 2 aromatic carbocycles. The summed E-state index contributed by atoms with van der Waals surface area (Å²) in [6.45, 7) is 6.01. The maximum absolute atomic E-state index is 11.4. The van der Waals surface area contributed by atoms with Crippen molar-refractivity contribution in [1.29, 1.82) is 0 Å². The van der Waals surface area contributed by atoms with Crippen LogP contribution in [0.2, 0.25) is 0 Å². The van der Waals surface area contributed by atoms with Crippen molar-refractivity contribution >= 4 is 11.7 Å². The number of hydrogen-bond acceptors (Lipinski definition) is 4. The average molecular weight is 399 g/mol. The maximum Gasteiger partial charge on any atom is 0.243 e. The van der Waals surface area contributed by atoms with Gasteiger partial charge < -0.3 is 10.2 Å². The van der Waals surface area contributed by atoms with Gasteiger partial charge in [0.2, 0.25) is 5.91 Å². The third-order valence-electron chi connectivity index (χ3n) is 5.54. The quantitative estimate of drug-likeness (QED) is 0.628. The van der Waals surface area contributed by atoms with Crippen molar-refractivity contribution in [3.63, 3.8) is 0 Å². The van der Waals surface area contributed by atoms with Gasteiger partial charge in [-0.25, -0.2) is 4.98 Å². The van der Waals surface area contributed by atoms with Crippen molar-refractivity contribution in [2.45, 2.75) is 12.8 Å². The smallest absolute Gasteiger partial charge is 0.243 e. The monoisotopic (exact) mass is 398 g/mol. The first-order valence-corrected chi connectivity index (χ1v) is 10.4. The Morgan fingerprint density at radius 3 is 2.20 bits per heavy atom. The van der Waals surface area contributed by atoms with Crippen molar-refractivity contribution in [1.82, 2.24) is 15.3 Å². The van der Waals surface area contributed by atoms with Gasteiger partial charge in [-0.3, -0.25) is 9.78 Å². The van der Waals surface area contributed by atoms with Gasteiger partial charge in [0.25, 0.3) is 0 Å². The minimum Gasteiger partial charge on any atom is -0.355 e. The fraction of sp³-hybridized carbons (Fsp3) is 0.240. The van der Waals surface area contributed by atoms with Gasteiger partial charge in [0, 0.05) is 30.8 Å². The lowest BCUT2D eigenvalue weighted by Gasteiger charge is -2.33. The summed E-state index contributed by atoms with van der Waals surface area (Å²) in [7, 11) is 0. The first-order chi connectivity index (χ1) is 14.7. The SMILES string of the molecule is C=CC(=O)NCC1CCN(c2cnc(-c3ccccc3)c(-c3ccccc3)n2)CC1. The van der Waals surface area contributed by atoms with E-state index in [1.807, 2.05) is 42.6 Å². The Morgan fingerprint density at radius 1 is 1.00 bits per heavy atom. The van der Waals surface area contributed by atoms with Gasteiger partial charge in [-0.2, -0.15) is 0 Å². The first-order valence-electron chi connectivity index (χ1n) is 10.4. The normalized spacial score (nSPS) is 14.3. The summed E-state index contributed by atoms with van der Waals surface area (Å²) in [6.07, 6.45) is 5.24. The van der Waals surface area contributed by atoms with E-state index < -0.39 is 0 Å². The highest BCUT2D eigenvalue weighted by molar-refractivity contribution is 5.86. The molecule has 1 aliphatic rings. The lowest BCUT2D eigenvalue weighted by Crippen LogP contribution is -2.38. The molecule has 0 radical (unpaired) electrons. The van der Waals surface area contributed by atoms with Gasteiger partial charge >= 0.3 is 0 Å². The highest BCUT2D eigenvalue weighted by atomic mass is 16.1. The average Bonchev–Trinajstić information content (AvgIpc) is 2.83. The number of hydrogen-bond donors (Lipinski definition) is 1. The summed E-state index contributed by atoms with van der Waals surface area (Å²) < 4.78 is 0. The molecule has 30 heavy (non-hydrogen) atoms. The predicted octanol–water partition coefficient (Wildman–Crippen LogP) is 4.33. The van der Waals surface area contributed by atoms with E-state index in [9.17, 15) is 4.79 Å². The molecule has 1 aromatic heterocycles. The van der Waals surface area contributed by atoms with Crippen LogP contribution in [-0.2, 0) is 4.79 Å². The second-order valence-electron chi connectivity index (χ2n) is 7.54. The van der Waals surface area contributed by atoms with Crippen molar-refractivity contribution in [2.24, 2.45) is 5.92 Å². The van der Waals surface area contributed by atoms with Gasteiger partial charge in [0.15, 0.2) is 0 Å². The summed E-state index contributed by atoms with van der Waals surface area (Å²) in [5, 5.41) is 2.91. The minimum atomic E-state index is -0.104. The van der Waals surface area contributed by atoms with Crippen LogP contribution in [-0.4, -0.2) is 35.5 Å². The molecule has 0 bridgehead atoms. The molecule has 1 aliphatic heterocycles. The van der Waals surface area contributed by atoms with Crippen LogP contribution in [0.15, 0.2) is 79.5 Å². The fourth-order valence-corrected chi connectivity index (χ4v) is 3.82. The topological polar surface area (TPSA) is 58.1 Å². The van der Waals surface area contributed by atoms with Crippen LogP contribution in [0.5, 0.6) is 0 Å². The van der Waals surface area contributed by atoms with E-state index in [4.69, 9.17) is 9.97 Å².